The number of aliphatic hydroxyl groups is 2. The molecule has 3 aliphatic rings. The Hall–Kier alpha value is -4.18. The molecule has 5 aromatic rings. The second kappa shape index (κ2) is 10.4. The van der Waals surface area contributed by atoms with E-state index < -0.39 is 41.5 Å². The highest BCUT2D eigenvalue weighted by atomic mass is 79.9. The van der Waals surface area contributed by atoms with Crippen LogP contribution in [-0.4, -0.2) is 39.3 Å². The molecule has 8 rings (SSSR count). The first-order valence-electron chi connectivity index (χ1n) is 15.1. The van der Waals surface area contributed by atoms with Crippen molar-refractivity contribution < 1.29 is 28.5 Å². The van der Waals surface area contributed by atoms with Crippen LogP contribution >= 0.6 is 15.9 Å². The van der Waals surface area contributed by atoms with Crippen LogP contribution in [-0.2, 0) is 11.2 Å². The van der Waals surface area contributed by atoms with Crippen LogP contribution in [0.1, 0.15) is 35.4 Å². The molecule has 3 aromatic carbocycles. The van der Waals surface area contributed by atoms with Crippen molar-refractivity contribution in [1.29, 1.82) is 0 Å². The molecule has 2 aliphatic carbocycles. The van der Waals surface area contributed by atoms with Crippen molar-refractivity contribution in [3.63, 3.8) is 0 Å². The third-order valence-electron chi connectivity index (χ3n) is 9.86. The maximum atomic E-state index is 15.4. The molecule has 1 saturated carbocycles. The molecule has 1 fully saturated rings. The van der Waals surface area contributed by atoms with Gasteiger partial charge in [0.2, 0.25) is 0 Å². The molecule has 3 heterocycles. The zero-order valence-corrected chi connectivity index (χ0v) is 26.3. The smallest absolute Gasteiger partial charge is 0.272 e. The second-order valence-corrected chi connectivity index (χ2v) is 13.2. The zero-order valence-electron chi connectivity index (χ0n) is 24.7. The molecule has 0 amide bonds. The van der Waals surface area contributed by atoms with Gasteiger partial charge in [0.05, 0.1) is 42.0 Å². The SMILES string of the molecule is COc1cncc2c1C1(O)C(O)C(CC3=c4cc5ccccc5nc4=CC(F)(F)C3)C(c3ccccc3)C1(c1ccc(Br)cc1)O2. The summed E-state index contributed by atoms with van der Waals surface area (Å²) in [6.45, 7) is 0. The third kappa shape index (κ3) is 4.11. The number of pyridine rings is 2. The first-order valence-corrected chi connectivity index (χ1v) is 15.9. The molecule has 5 unspecified atom stereocenters. The largest absolute Gasteiger partial charge is 0.495 e. The number of aromatic nitrogens is 2. The number of rotatable bonds is 5. The fourth-order valence-corrected chi connectivity index (χ4v) is 8.34. The standard InChI is InChI=1S/C37H29BrF2N2O4/c1-45-30-19-41-20-31-33(30)36(44)34(43)27(16-23-17-35(39,40)18-29-26(23)15-22-9-5-6-10-28(22)42-29)32(21-7-3-2-4-8-21)37(36,46-31)24-11-13-25(38)14-12-24/h2-15,18-20,27,32,34,43-44H,16-17H2,1H3. The molecule has 9 heteroatoms. The van der Waals surface area contributed by atoms with Crippen LogP contribution in [0.25, 0.3) is 22.6 Å². The third-order valence-corrected chi connectivity index (χ3v) is 10.4. The van der Waals surface area contributed by atoms with Gasteiger partial charge in [-0.05, 0) is 41.8 Å². The number of hydrogen-bond donors (Lipinski definition) is 2. The Labute approximate surface area is 271 Å². The Balaban J connectivity index is 1.41. The van der Waals surface area contributed by atoms with Crippen molar-refractivity contribution in [1.82, 2.24) is 9.97 Å². The van der Waals surface area contributed by atoms with Crippen LogP contribution < -0.4 is 20.0 Å². The van der Waals surface area contributed by atoms with Gasteiger partial charge in [0.1, 0.15) is 11.5 Å². The summed E-state index contributed by atoms with van der Waals surface area (Å²) < 4.78 is 44.2. The van der Waals surface area contributed by atoms with Crippen LogP contribution in [0.15, 0.2) is 102 Å². The van der Waals surface area contributed by atoms with Gasteiger partial charge >= 0.3 is 0 Å². The summed E-state index contributed by atoms with van der Waals surface area (Å²) in [6.07, 6.45) is 2.00. The fraction of sp³-hybridized carbons (Fsp3) is 0.243. The van der Waals surface area contributed by atoms with Crippen molar-refractivity contribution in [2.45, 2.75) is 42.0 Å². The monoisotopic (exact) mass is 682 g/mol. The molecule has 5 atom stereocenters. The number of hydrogen-bond acceptors (Lipinski definition) is 6. The summed E-state index contributed by atoms with van der Waals surface area (Å²) >= 11 is 3.52. The number of alkyl halides is 2. The highest BCUT2D eigenvalue weighted by Gasteiger charge is 2.76. The van der Waals surface area contributed by atoms with Crippen LogP contribution in [0.4, 0.5) is 8.78 Å². The molecule has 2 N–H and O–H groups in total. The Morgan fingerprint density at radius 2 is 1.74 bits per heavy atom. The van der Waals surface area contributed by atoms with Gasteiger partial charge in [0, 0.05) is 39.4 Å². The van der Waals surface area contributed by atoms with Gasteiger partial charge in [-0.15, -0.1) is 0 Å². The van der Waals surface area contributed by atoms with E-state index in [9.17, 15) is 10.2 Å². The molecule has 46 heavy (non-hydrogen) atoms. The maximum Gasteiger partial charge on any atom is 0.272 e. The minimum atomic E-state index is -3.14. The highest BCUT2D eigenvalue weighted by Crippen LogP contribution is 2.70. The fourth-order valence-electron chi connectivity index (χ4n) is 8.08. The Morgan fingerprint density at radius 1 is 1.00 bits per heavy atom. The van der Waals surface area contributed by atoms with Gasteiger partial charge in [-0.25, -0.2) is 13.8 Å². The molecule has 0 bridgehead atoms. The van der Waals surface area contributed by atoms with E-state index in [1.54, 1.807) is 6.07 Å². The second-order valence-electron chi connectivity index (χ2n) is 12.3. The van der Waals surface area contributed by atoms with Crippen molar-refractivity contribution in [3.05, 3.63) is 129 Å². The summed E-state index contributed by atoms with van der Waals surface area (Å²) in [7, 11) is 1.47. The minimum absolute atomic E-state index is 0.0594. The number of ether oxygens (including phenoxy) is 2. The van der Waals surface area contributed by atoms with E-state index in [0.29, 0.717) is 21.9 Å². The van der Waals surface area contributed by atoms with E-state index in [-0.39, 0.29) is 28.8 Å². The maximum absolute atomic E-state index is 15.4. The Bertz CT molecular complexity index is 2130. The van der Waals surface area contributed by atoms with E-state index in [2.05, 4.69) is 25.9 Å². The molecule has 232 valence electrons. The van der Waals surface area contributed by atoms with Gasteiger partial charge < -0.3 is 19.7 Å². The van der Waals surface area contributed by atoms with Gasteiger partial charge in [0.25, 0.3) is 5.92 Å². The van der Waals surface area contributed by atoms with Gasteiger partial charge in [-0.3, -0.25) is 4.98 Å². The number of para-hydroxylation sites is 1. The van der Waals surface area contributed by atoms with Crippen molar-refractivity contribution in [2.24, 2.45) is 5.92 Å². The average molecular weight is 684 g/mol. The molecule has 0 radical (unpaired) electrons. The van der Waals surface area contributed by atoms with Crippen molar-refractivity contribution >= 4 is 38.5 Å². The number of nitrogens with zero attached hydrogens (tertiary/aromatic N) is 2. The molecule has 1 aliphatic heterocycles. The predicted molar refractivity (Wildman–Crippen MR) is 173 cm³/mol. The summed E-state index contributed by atoms with van der Waals surface area (Å²) in [5.41, 5.74) is -0.826. The van der Waals surface area contributed by atoms with Crippen LogP contribution in [0, 0.1) is 5.92 Å². The number of fused-ring (bicyclic) bond motifs is 5. The van der Waals surface area contributed by atoms with Crippen molar-refractivity contribution in [2.75, 3.05) is 7.11 Å². The van der Waals surface area contributed by atoms with Gasteiger partial charge in [-0.2, -0.15) is 0 Å². The zero-order chi connectivity index (χ0) is 31.8. The Morgan fingerprint density at radius 3 is 2.50 bits per heavy atom. The predicted octanol–water partition coefficient (Wildman–Crippen LogP) is 5.71. The number of aliphatic hydroxyl groups excluding tert-OH is 1. The van der Waals surface area contributed by atoms with Gasteiger partial charge in [0.15, 0.2) is 11.2 Å². The number of methoxy groups -OCH3 is 1. The van der Waals surface area contributed by atoms with E-state index in [1.807, 2.05) is 78.9 Å². The molecular weight excluding hydrogens is 654 g/mol. The first-order chi connectivity index (χ1) is 22.2. The van der Waals surface area contributed by atoms with E-state index >= 15 is 8.78 Å². The normalized spacial score (nSPS) is 27.3. The molecule has 2 aromatic heterocycles. The topological polar surface area (TPSA) is 84.7 Å². The average Bonchev–Trinajstić information content (AvgIpc) is 3.42. The highest BCUT2D eigenvalue weighted by molar-refractivity contribution is 9.10. The summed E-state index contributed by atoms with van der Waals surface area (Å²) in [6, 6.07) is 26.3. The lowest BCUT2D eigenvalue weighted by Crippen LogP contribution is -2.52. The molecule has 0 spiro atoms. The Kier molecular flexibility index (Phi) is 6.62. The first kappa shape index (κ1) is 29.2. The molecule has 0 saturated heterocycles. The molecule has 6 nitrogen and oxygen atoms in total. The number of halogens is 3. The molecular formula is C37H29BrF2N2O4. The van der Waals surface area contributed by atoms with E-state index in [0.717, 1.165) is 21.5 Å². The lowest BCUT2D eigenvalue weighted by atomic mass is 9.70. The summed E-state index contributed by atoms with van der Waals surface area (Å²) in [5.74, 6) is -4.03. The van der Waals surface area contributed by atoms with Crippen LogP contribution in [0.2, 0.25) is 0 Å². The lowest BCUT2D eigenvalue weighted by molar-refractivity contribution is -0.152. The van der Waals surface area contributed by atoms with Crippen molar-refractivity contribution in [3.8, 4) is 11.5 Å². The lowest BCUT2D eigenvalue weighted by Gasteiger charge is -2.41. The van der Waals surface area contributed by atoms with E-state index in [1.165, 1.54) is 19.5 Å². The van der Waals surface area contributed by atoms with Gasteiger partial charge in [-0.1, -0.05) is 82.2 Å². The number of benzene rings is 3. The quantitative estimate of drug-likeness (QED) is 0.247. The van der Waals surface area contributed by atoms with Crippen LogP contribution in [0.3, 0.4) is 0 Å². The van der Waals surface area contributed by atoms with Crippen LogP contribution in [0.5, 0.6) is 11.5 Å². The summed E-state index contributed by atoms with van der Waals surface area (Å²) in [4.78, 5) is 8.88. The summed E-state index contributed by atoms with van der Waals surface area (Å²) in [5, 5.41) is 27.3. The minimum Gasteiger partial charge on any atom is -0.495 e. The van der Waals surface area contributed by atoms with E-state index in [4.69, 9.17) is 9.47 Å².